The Balaban J connectivity index is 1.36. The molecule has 0 unspecified atom stereocenters. The molecule has 31 heavy (non-hydrogen) atoms. The fraction of sp³-hybridized carbons (Fsp3) is 0.211. The van der Waals surface area contributed by atoms with Crippen LogP contribution in [0.5, 0.6) is 0 Å². The highest BCUT2D eigenvalue weighted by molar-refractivity contribution is 6.33. The number of nitrogens with zero attached hydrogens (tertiary/aromatic N) is 8. The Morgan fingerprint density at radius 3 is 2.52 bits per heavy atom. The van der Waals surface area contributed by atoms with Crippen molar-refractivity contribution in [1.82, 2.24) is 29.6 Å². The van der Waals surface area contributed by atoms with Crippen LogP contribution in [0, 0.1) is 11.6 Å². The molecule has 0 bridgehead atoms. The summed E-state index contributed by atoms with van der Waals surface area (Å²) >= 11 is 6.32. The number of hydrogen-bond donors (Lipinski definition) is 0. The minimum Gasteiger partial charge on any atom is -0.365 e. The van der Waals surface area contributed by atoms with Gasteiger partial charge >= 0.3 is 0 Å². The largest absolute Gasteiger partial charge is 0.365 e. The summed E-state index contributed by atoms with van der Waals surface area (Å²) in [6, 6.07) is 6.62. The fourth-order valence-electron chi connectivity index (χ4n) is 3.53. The molecule has 0 amide bonds. The Morgan fingerprint density at radius 2 is 1.74 bits per heavy atom. The molecular formula is C19H15ClF2N8O. The maximum absolute atomic E-state index is 14.1. The summed E-state index contributed by atoms with van der Waals surface area (Å²) < 4.78 is 29.7. The second kappa shape index (κ2) is 7.58. The number of halogens is 3. The topological polar surface area (TPSA) is 84.5 Å². The lowest BCUT2D eigenvalue weighted by Crippen LogP contribution is -2.47. The zero-order valence-electron chi connectivity index (χ0n) is 16.0. The smallest absolute Gasteiger partial charge is 0.292 e. The summed E-state index contributed by atoms with van der Waals surface area (Å²) in [4.78, 5) is 16.7. The summed E-state index contributed by atoms with van der Waals surface area (Å²) in [6.45, 7) is 2.45. The zero-order valence-corrected chi connectivity index (χ0v) is 16.7. The summed E-state index contributed by atoms with van der Waals surface area (Å²) in [5.41, 5.74) is 0.290. The first kappa shape index (κ1) is 19.4. The number of fused-ring (bicyclic) bond motifs is 1. The lowest BCUT2D eigenvalue weighted by molar-refractivity contribution is 0.570. The molecule has 5 rings (SSSR count). The molecule has 0 saturated carbocycles. The standard InChI is InChI=1S/C19H15ClF2N8O/c20-18-15(10-24-30(19(18)31)14-2-1-12(21)9-13(14)22)27-5-7-28(8-6-27)17-4-3-16-25-23-11-29(16)26-17/h1-4,9-11H,5-8H2. The number of benzene rings is 1. The van der Waals surface area contributed by atoms with E-state index < -0.39 is 17.2 Å². The van der Waals surface area contributed by atoms with E-state index in [2.05, 4.69) is 25.3 Å². The average Bonchev–Trinajstić information content (AvgIpc) is 3.24. The van der Waals surface area contributed by atoms with Crippen LogP contribution in [0.25, 0.3) is 11.3 Å². The van der Waals surface area contributed by atoms with Gasteiger partial charge in [-0.15, -0.1) is 15.3 Å². The highest BCUT2D eigenvalue weighted by atomic mass is 35.5. The third kappa shape index (κ3) is 3.46. The van der Waals surface area contributed by atoms with E-state index in [0.717, 1.165) is 22.6 Å². The van der Waals surface area contributed by atoms with Crippen molar-refractivity contribution >= 4 is 28.8 Å². The van der Waals surface area contributed by atoms with Gasteiger partial charge in [-0.25, -0.2) is 8.78 Å². The predicted octanol–water partition coefficient (Wildman–Crippen LogP) is 1.93. The fourth-order valence-corrected chi connectivity index (χ4v) is 3.78. The van der Waals surface area contributed by atoms with Gasteiger partial charge in [-0.3, -0.25) is 4.79 Å². The summed E-state index contributed by atoms with van der Waals surface area (Å²) in [6.07, 6.45) is 2.96. The van der Waals surface area contributed by atoms with Crippen LogP contribution in [0.15, 0.2) is 47.7 Å². The van der Waals surface area contributed by atoms with Crippen molar-refractivity contribution in [1.29, 1.82) is 0 Å². The Bertz CT molecular complexity index is 1330. The van der Waals surface area contributed by atoms with Crippen molar-refractivity contribution in [3.63, 3.8) is 0 Å². The number of piperazine rings is 1. The molecule has 0 N–H and O–H groups in total. The molecule has 3 aromatic heterocycles. The summed E-state index contributed by atoms with van der Waals surface area (Å²) in [5, 5.41) is 16.2. The molecule has 0 spiro atoms. The van der Waals surface area contributed by atoms with Crippen LogP contribution in [0.2, 0.25) is 5.02 Å². The molecule has 4 aromatic rings. The molecule has 12 heteroatoms. The molecule has 1 saturated heterocycles. The van der Waals surface area contributed by atoms with Gasteiger partial charge in [0.2, 0.25) is 0 Å². The molecule has 9 nitrogen and oxygen atoms in total. The molecule has 0 aliphatic carbocycles. The molecular weight excluding hydrogens is 430 g/mol. The first-order chi connectivity index (χ1) is 15.0. The molecule has 1 fully saturated rings. The van der Waals surface area contributed by atoms with Crippen LogP contribution in [-0.2, 0) is 0 Å². The molecule has 1 aliphatic rings. The monoisotopic (exact) mass is 444 g/mol. The first-order valence-electron chi connectivity index (χ1n) is 9.41. The normalized spacial score (nSPS) is 14.4. The van der Waals surface area contributed by atoms with Gasteiger partial charge in [-0.1, -0.05) is 11.6 Å². The van der Waals surface area contributed by atoms with E-state index in [0.29, 0.717) is 43.6 Å². The van der Waals surface area contributed by atoms with Gasteiger partial charge in [0.15, 0.2) is 11.5 Å². The van der Waals surface area contributed by atoms with Crippen LogP contribution >= 0.6 is 11.6 Å². The van der Waals surface area contributed by atoms with Crippen LogP contribution in [0.3, 0.4) is 0 Å². The SMILES string of the molecule is O=c1c(Cl)c(N2CCN(c3ccc4nncn4n3)CC2)cnn1-c1ccc(F)cc1F. The van der Waals surface area contributed by atoms with E-state index in [4.69, 9.17) is 11.6 Å². The van der Waals surface area contributed by atoms with E-state index in [-0.39, 0.29) is 10.7 Å². The molecule has 158 valence electrons. The van der Waals surface area contributed by atoms with E-state index in [1.807, 2.05) is 17.0 Å². The minimum atomic E-state index is -0.899. The maximum Gasteiger partial charge on any atom is 0.292 e. The summed E-state index contributed by atoms with van der Waals surface area (Å²) in [5.74, 6) is -0.851. The molecule has 4 heterocycles. The number of aromatic nitrogens is 6. The minimum absolute atomic E-state index is 0.0730. The van der Waals surface area contributed by atoms with E-state index in [9.17, 15) is 13.6 Å². The average molecular weight is 445 g/mol. The zero-order chi connectivity index (χ0) is 21.5. The third-order valence-electron chi connectivity index (χ3n) is 5.13. The number of hydrogen-bond acceptors (Lipinski definition) is 7. The highest BCUT2D eigenvalue weighted by Gasteiger charge is 2.23. The first-order valence-corrected chi connectivity index (χ1v) is 9.79. The number of rotatable bonds is 3. The van der Waals surface area contributed by atoms with Crippen molar-refractivity contribution in [2.45, 2.75) is 0 Å². The Labute approximate surface area is 179 Å². The van der Waals surface area contributed by atoms with Crippen LogP contribution in [0.1, 0.15) is 0 Å². The summed E-state index contributed by atoms with van der Waals surface area (Å²) in [7, 11) is 0. The van der Waals surface area contributed by atoms with Crippen molar-refractivity contribution in [3.05, 3.63) is 69.9 Å². The molecule has 1 aliphatic heterocycles. The van der Waals surface area contributed by atoms with Crippen molar-refractivity contribution in [2.24, 2.45) is 0 Å². The van der Waals surface area contributed by atoms with Crippen molar-refractivity contribution < 1.29 is 8.78 Å². The lowest BCUT2D eigenvalue weighted by atomic mass is 10.2. The van der Waals surface area contributed by atoms with Gasteiger partial charge in [-0.2, -0.15) is 14.3 Å². The van der Waals surface area contributed by atoms with Gasteiger partial charge in [-0.05, 0) is 24.3 Å². The van der Waals surface area contributed by atoms with Gasteiger partial charge in [0.1, 0.15) is 28.7 Å². The Hall–Kier alpha value is -3.60. The quantitative estimate of drug-likeness (QED) is 0.477. The Morgan fingerprint density at radius 1 is 0.968 bits per heavy atom. The Kier molecular flexibility index (Phi) is 4.74. The second-order valence-corrected chi connectivity index (χ2v) is 7.33. The number of anilines is 2. The van der Waals surface area contributed by atoms with E-state index in [1.54, 1.807) is 10.8 Å². The van der Waals surface area contributed by atoms with Crippen LogP contribution in [-0.4, -0.2) is 55.8 Å². The van der Waals surface area contributed by atoms with Crippen molar-refractivity contribution in [2.75, 3.05) is 36.0 Å². The van der Waals surface area contributed by atoms with Crippen LogP contribution in [0.4, 0.5) is 20.3 Å². The third-order valence-corrected chi connectivity index (χ3v) is 5.49. The van der Waals surface area contributed by atoms with Crippen molar-refractivity contribution in [3.8, 4) is 5.69 Å². The predicted molar refractivity (Wildman–Crippen MR) is 110 cm³/mol. The van der Waals surface area contributed by atoms with Gasteiger partial charge in [0, 0.05) is 32.2 Å². The van der Waals surface area contributed by atoms with Gasteiger partial charge in [0.25, 0.3) is 5.56 Å². The van der Waals surface area contributed by atoms with Crippen LogP contribution < -0.4 is 15.4 Å². The lowest BCUT2D eigenvalue weighted by Gasteiger charge is -2.36. The maximum atomic E-state index is 14.1. The van der Waals surface area contributed by atoms with E-state index in [1.165, 1.54) is 6.20 Å². The van der Waals surface area contributed by atoms with E-state index >= 15 is 0 Å². The second-order valence-electron chi connectivity index (χ2n) is 6.96. The molecule has 0 radical (unpaired) electrons. The molecule has 0 atom stereocenters. The van der Waals surface area contributed by atoms with Gasteiger partial charge < -0.3 is 9.80 Å². The van der Waals surface area contributed by atoms with Gasteiger partial charge in [0.05, 0.1) is 11.9 Å². The highest BCUT2D eigenvalue weighted by Crippen LogP contribution is 2.25. The molecule has 1 aromatic carbocycles.